The summed E-state index contributed by atoms with van der Waals surface area (Å²) in [4.78, 5) is 6.55. The first-order chi connectivity index (χ1) is 9.17. The van der Waals surface area contributed by atoms with Crippen LogP contribution in [0.5, 0.6) is 0 Å². The molecule has 1 atom stereocenters. The lowest BCUT2D eigenvalue weighted by molar-refractivity contribution is 0.198. The van der Waals surface area contributed by atoms with E-state index in [1.165, 1.54) is 0 Å². The predicted molar refractivity (Wildman–Crippen MR) is 74.3 cm³/mol. The molecule has 1 fully saturated rings. The van der Waals surface area contributed by atoms with E-state index in [0.717, 1.165) is 29.7 Å². The number of anilines is 1. The van der Waals surface area contributed by atoms with Crippen LogP contribution in [-0.2, 0) is 0 Å². The van der Waals surface area contributed by atoms with Crippen molar-refractivity contribution in [3.63, 3.8) is 0 Å². The number of halogens is 1. The summed E-state index contributed by atoms with van der Waals surface area (Å²) < 4.78 is 0. The minimum Gasteiger partial charge on any atom is -0.391 e. The molecule has 0 bridgehead atoms. The van der Waals surface area contributed by atoms with E-state index in [4.69, 9.17) is 11.6 Å². The van der Waals surface area contributed by atoms with Gasteiger partial charge in [-0.3, -0.25) is 0 Å². The van der Waals surface area contributed by atoms with Crippen molar-refractivity contribution < 1.29 is 5.11 Å². The van der Waals surface area contributed by atoms with Gasteiger partial charge in [0, 0.05) is 23.5 Å². The normalized spacial score (nSPS) is 18.8. The van der Waals surface area contributed by atoms with Gasteiger partial charge in [0.2, 0.25) is 0 Å². The molecule has 3 rings (SSSR count). The van der Waals surface area contributed by atoms with E-state index in [0.29, 0.717) is 17.1 Å². The fourth-order valence-electron chi connectivity index (χ4n) is 2.39. The molecule has 0 saturated carbocycles. The van der Waals surface area contributed by atoms with E-state index in [-0.39, 0.29) is 6.10 Å². The van der Waals surface area contributed by atoms with Crippen LogP contribution in [0.3, 0.4) is 0 Å². The molecule has 1 aliphatic heterocycles. The van der Waals surface area contributed by atoms with Crippen LogP contribution >= 0.6 is 11.6 Å². The Labute approximate surface area is 115 Å². The highest BCUT2D eigenvalue weighted by atomic mass is 35.5. The Morgan fingerprint density at radius 3 is 2.95 bits per heavy atom. The standard InChI is InChI=1S/C14H12ClN3O/c15-10-1-2-13-12(6-10)9(7-16)5-14(17-13)18-4-3-11(19)8-18/h1-2,5-6,11,19H,3-4,8H2/t11-/m0/s1. The number of rotatable bonds is 1. The highest BCUT2D eigenvalue weighted by molar-refractivity contribution is 6.31. The summed E-state index contributed by atoms with van der Waals surface area (Å²) in [5.41, 5.74) is 1.31. The third-order valence-electron chi connectivity index (χ3n) is 3.37. The lowest BCUT2D eigenvalue weighted by Crippen LogP contribution is -2.22. The molecule has 2 aromatic rings. The SMILES string of the molecule is N#Cc1cc(N2CC[C@H](O)C2)nc2ccc(Cl)cc12. The van der Waals surface area contributed by atoms with E-state index >= 15 is 0 Å². The average Bonchev–Trinajstić information content (AvgIpc) is 2.84. The van der Waals surface area contributed by atoms with Crippen molar-refractivity contribution in [2.75, 3.05) is 18.0 Å². The molecule has 1 saturated heterocycles. The molecule has 19 heavy (non-hydrogen) atoms. The molecule has 5 heteroatoms. The number of hydrogen-bond donors (Lipinski definition) is 1. The molecule has 4 nitrogen and oxygen atoms in total. The molecule has 0 radical (unpaired) electrons. The summed E-state index contributed by atoms with van der Waals surface area (Å²) in [6, 6.07) is 9.28. The molecule has 0 aliphatic carbocycles. The van der Waals surface area contributed by atoms with Crippen molar-refractivity contribution in [2.24, 2.45) is 0 Å². The van der Waals surface area contributed by atoms with Crippen molar-refractivity contribution in [1.29, 1.82) is 5.26 Å². The van der Waals surface area contributed by atoms with E-state index < -0.39 is 0 Å². The molecule has 1 aromatic carbocycles. The summed E-state index contributed by atoms with van der Waals surface area (Å²) in [6.07, 6.45) is 0.427. The van der Waals surface area contributed by atoms with Crippen LogP contribution in [0.4, 0.5) is 5.82 Å². The zero-order chi connectivity index (χ0) is 13.4. The van der Waals surface area contributed by atoms with Gasteiger partial charge >= 0.3 is 0 Å². The summed E-state index contributed by atoms with van der Waals surface area (Å²) in [5, 5.41) is 20.2. The van der Waals surface area contributed by atoms with Gasteiger partial charge in [0.1, 0.15) is 5.82 Å². The highest BCUT2D eigenvalue weighted by Gasteiger charge is 2.22. The van der Waals surface area contributed by atoms with Crippen LogP contribution in [0.15, 0.2) is 24.3 Å². The molecule has 1 N–H and O–H groups in total. The summed E-state index contributed by atoms with van der Waals surface area (Å²) >= 11 is 5.95. The van der Waals surface area contributed by atoms with Crippen molar-refractivity contribution in [1.82, 2.24) is 4.98 Å². The predicted octanol–water partition coefficient (Wildman–Crippen LogP) is 2.33. The molecular weight excluding hydrogens is 262 g/mol. The molecule has 2 heterocycles. The number of pyridine rings is 1. The molecule has 1 aliphatic rings. The van der Waals surface area contributed by atoms with Gasteiger partial charge in [-0.2, -0.15) is 5.26 Å². The van der Waals surface area contributed by atoms with Crippen LogP contribution in [0, 0.1) is 11.3 Å². The van der Waals surface area contributed by atoms with Gasteiger partial charge < -0.3 is 10.0 Å². The molecular formula is C14H12ClN3O. The zero-order valence-corrected chi connectivity index (χ0v) is 10.9. The lowest BCUT2D eigenvalue weighted by atomic mass is 10.1. The lowest BCUT2D eigenvalue weighted by Gasteiger charge is -2.17. The number of nitriles is 1. The van der Waals surface area contributed by atoms with Crippen molar-refractivity contribution in [3.8, 4) is 6.07 Å². The quantitative estimate of drug-likeness (QED) is 0.866. The second-order valence-corrected chi connectivity index (χ2v) is 5.13. The molecule has 96 valence electrons. The third kappa shape index (κ3) is 2.23. The first-order valence-corrected chi connectivity index (χ1v) is 6.48. The topological polar surface area (TPSA) is 60.2 Å². The van der Waals surface area contributed by atoms with E-state index in [9.17, 15) is 10.4 Å². The number of nitrogens with zero attached hydrogens (tertiary/aromatic N) is 3. The Balaban J connectivity index is 2.13. The molecule has 0 unspecified atom stereocenters. The summed E-state index contributed by atoms with van der Waals surface area (Å²) in [5.74, 6) is 0.739. The van der Waals surface area contributed by atoms with Gasteiger partial charge in [-0.1, -0.05) is 11.6 Å². The van der Waals surface area contributed by atoms with Crippen molar-refractivity contribution >= 4 is 28.3 Å². The Hall–Kier alpha value is -1.83. The average molecular weight is 274 g/mol. The van der Waals surface area contributed by atoms with Gasteiger partial charge in [0.05, 0.1) is 23.3 Å². The number of benzene rings is 1. The number of aliphatic hydroxyl groups excluding tert-OH is 1. The van der Waals surface area contributed by atoms with Gasteiger partial charge in [-0.05, 0) is 30.7 Å². The molecule has 0 spiro atoms. The molecule has 1 aromatic heterocycles. The second-order valence-electron chi connectivity index (χ2n) is 4.69. The largest absolute Gasteiger partial charge is 0.391 e. The number of hydrogen-bond acceptors (Lipinski definition) is 4. The smallest absolute Gasteiger partial charge is 0.130 e. The monoisotopic (exact) mass is 273 g/mol. The van der Waals surface area contributed by atoms with Crippen LogP contribution in [0.2, 0.25) is 5.02 Å². The van der Waals surface area contributed by atoms with Crippen LogP contribution in [-0.4, -0.2) is 29.3 Å². The number of β-amino-alcohol motifs (C(OH)–C–C–N with tert-alkyl or cyclic N) is 1. The first kappa shape index (κ1) is 12.2. The number of aliphatic hydroxyl groups is 1. The van der Waals surface area contributed by atoms with E-state index in [1.54, 1.807) is 18.2 Å². The van der Waals surface area contributed by atoms with Gasteiger partial charge in [0.15, 0.2) is 0 Å². The number of fused-ring (bicyclic) bond motifs is 1. The first-order valence-electron chi connectivity index (χ1n) is 6.11. The van der Waals surface area contributed by atoms with Crippen LogP contribution < -0.4 is 4.90 Å². The van der Waals surface area contributed by atoms with Crippen molar-refractivity contribution in [2.45, 2.75) is 12.5 Å². The van der Waals surface area contributed by atoms with Crippen molar-refractivity contribution in [3.05, 3.63) is 34.9 Å². The fraction of sp³-hybridized carbons (Fsp3) is 0.286. The Morgan fingerprint density at radius 1 is 1.42 bits per heavy atom. The maximum absolute atomic E-state index is 9.59. The second kappa shape index (κ2) is 4.69. The Kier molecular flexibility index (Phi) is 3.02. The minimum atomic E-state index is -0.312. The fourth-order valence-corrected chi connectivity index (χ4v) is 2.56. The molecule has 0 amide bonds. The Bertz CT molecular complexity index is 680. The van der Waals surface area contributed by atoms with Crippen LogP contribution in [0.1, 0.15) is 12.0 Å². The summed E-state index contributed by atoms with van der Waals surface area (Å²) in [6.45, 7) is 1.33. The van der Waals surface area contributed by atoms with E-state index in [2.05, 4.69) is 11.1 Å². The maximum atomic E-state index is 9.59. The third-order valence-corrected chi connectivity index (χ3v) is 3.60. The van der Waals surface area contributed by atoms with Crippen LogP contribution in [0.25, 0.3) is 10.9 Å². The zero-order valence-electron chi connectivity index (χ0n) is 10.2. The van der Waals surface area contributed by atoms with E-state index in [1.807, 2.05) is 11.0 Å². The Morgan fingerprint density at radius 2 is 2.26 bits per heavy atom. The van der Waals surface area contributed by atoms with Gasteiger partial charge in [-0.15, -0.1) is 0 Å². The minimum absolute atomic E-state index is 0.312. The summed E-state index contributed by atoms with van der Waals surface area (Å²) in [7, 11) is 0. The highest BCUT2D eigenvalue weighted by Crippen LogP contribution is 2.27. The maximum Gasteiger partial charge on any atom is 0.130 e. The van der Waals surface area contributed by atoms with Gasteiger partial charge in [-0.25, -0.2) is 4.98 Å². The van der Waals surface area contributed by atoms with Gasteiger partial charge in [0.25, 0.3) is 0 Å². The number of aromatic nitrogens is 1.